The lowest BCUT2D eigenvalue weighted by Crippen LogP contribution is -2.28. The molecule has 0 atom stereocenters. The molecule has 136 valence electrons. The molecule has 0 unspecified atom stereocenters. The van der Waals surface area contributed by atoms with Crippen LogP contribution in [0.3, 0.4) is 0 Å². The number of benzene rings is 2. The number of ether oxygens (including phenoxy) is 1. The van der Waals surface area contributed by atoms with Crippen LogP contribution >= 0.6 is 0 Å². The number of aromatic nitrogens is 1. The lowest BCUT2D eigenvalue weighted by Gasteiger charge is -2.10. The zero-order valence-corrected chi connectivity index (χ0v) is 14.6. The van der Waals surface area contributed by atoms with E-state index in [0.717, 1.165) is 10.9 Å². The van der Waals surface area contributed by atoms with Gasteiger partial charge in [-0.2, -0.15) is 0 Å². The van der Waals surface area contributed by atoms with Crippen molar-refractivity contribution in [3.05, 3.63) is 60.8 Å². The topological polar surface area (TPSA) is 100 Å². The third-order valence-corrected chi connectivity index (χ3v) is 5.29. The fourth-order valence-electron chi connectivity index (χ4n) is 2.64. The lowest BCUT2D eigenvalue weighted by atomic mass is 10.2. The van der Waals surface area contributed by atoms with Crippen molar-refractivity contribution in [3.63, 3.8) is 0 Å². The first-order valence-corrected chi connectivity index (χ1v) is 9.41. The maximum absolute atomic E-state index is 12.2. The summed E-state index contributed by atoms with van der Waals surface area (Å²) in [6.07, 6.45) is 1.80. The monoisotopic (exact) mass is 373 g/mol. The van der Waals surface area contributed by atoms with Gasteiger partial charge in [-0.1, -0.05) is 24.3 Å². The van der Waals surface area contributed by atoms with Crippen molar-refractivity contribution in [1.82, 2.24) is 9.29 Å². The molecule has 0 saturated carbocycles. The molecular weight excluding hydrogens is 356 g/mol. The summed E-state index contributed by atoms with van der Waals surface area (Å²) in [4.78, 5) is 10.8. The zero-order chi connectivity index (χ0) is 18.6. The van der Waals surface area contributed by atoms with Crippen LogP contribution in [0, 0.1) is 0 Å². The first-order valence-electron chi connectivity index (χ1n) is 7.92. The van der Waals surface area contributed by atoms with Gasteiger partial charge in [0, 0.05) is 24.7 Å². The fourth-order valence-corrected chi connectivity index (χ4v) is 3.68. The van der Waals surface area contributed by atoms with Gasteiger partial charge in [0.05, 0.1) is 16.4 Å². The molecule has 26 heavy (non-hydrogen) atoms. The Balaban J connectivity index is 1.70. The third kappa shape index (κ3) is 4.04. The molecule has 0 saturated heterocycles. The Morgan fingerprint density at radius 3 is 2.58 bits per heavy atom. The molecule has 3 rings (SSSR count). The summed E-state index contributed by atoms with van der Waals surface area (Å²) in [6, 6.07) is 15.2. The van der Waals surface area contributed by atoms with Crippen LogP contribution in [-0.4, -0.2) is 32.1 Å². The van der Waals surface area contributed by atoms with Crippen molar-refractivity contribution in [3.8, 4) is 5.75 Å². The normalized spacial score (nSPS) is 11.5. The molecule has 2 aromatic carbocycles. The Bertz CT molecular complexity index is 1010. The number of carboxylic acid groups (broad SMARTS) is 1. The van der Waals surface area contributed by atoms with Crippen LogP contribution in [0.2, 0.25) is 0 Å². The number of nitrogens with one attached hydrogen (secondary N) is 1. The lowest BCUT2D eigenvalue weighted by molar-refractivity contribution is -0.307. The number of carbonyl (C=O) groups is 1. The summed E-state index contributed by atoms with van der Waals surface area (Å²) in [6.45, 7) is 0.103. The molecule has 0 aliphatic heterocycles. The van der Waals surface area contributed by atoms with Crippen molar-refractivity contribution in [1.29, 1.82) is 0 Å². The van der Waals surface area contributed by atoms with Gasteiger partial charge < -0.3 is 19.2 Å². The molecule has 0 fully saturated rings. The number of fused-ring (bicyclic) bond motifs is 1. The maximum atomic E-state index is 12.2. The molecule has 1 heterocycles. The quantitative estimate of drug-likeness (QED) is 0.628. The minimum atomic E-state index is -3.55. The van der Waals surface area contributed by atoms with Crippen LogP contribution in [0.15, 0.2) is 65.7 Å². The Morgan fingerprint density at radius 1 is 1.08 bits per heavy atom. The van der Waals surface area contributed by atoms with Crippen LogP contribution in [-0.2, 0) is 21.4 Å². The van der Waals surface area contributed by atoms with Crippen LogP contribution in [0.5, 0.6) is 5.75 Å². The van der Waals surface area contributed by atoms with Crippen LogP contribution in [0.1, 0.15) is 0 Å². The molecule has 0 spiro atoms. The molecule has 0 radical (unpaired) electrons. The van der Waals surface area contributed by atoms with Crippen molar-refractivity contribution in [2.75, 3.05) is 13.2 Å². The SMILES string of the molecule is O=C([O-])COc1cccc2c1ccn2CCNS(=O)(=O)c1ccccc1. The second-order valence-corrected chi connectivity index (χ2v) is 7.34. The predicted octanol–water partition coefficient (Wildman–Crippen LogP) is 0.748. The first-order chi connectivity index (χ1) is 12.5. The minimum Gasteiger partial charge on any atom is -0.546 e. The largest absolute Gasteiger partial charge is 0.546 e. The highest BCUT2D eigenvalue weighted by molar-refractivity contribution is 7.89. The number of nitrogens with zero attached hydrogens (tertiary/aromatic N) is 1. The summed E-state index contributed by atoms with van der Waals surface area (Å²) >= 11 is 0. The van der Waals surface area contributed by atoms with Crippen molar-refractivity contribution >= 4 is 26.9 Å². The first kappa shape index (κ1) is 18.0. The number of rotatable bonds is 8. The van der Waals surface area contributed by atoms with Gasteiger partial charge in [-0.15, -0.1) is 0 Å². The summed E-state index contributed by atoms with van der Waals surface area (Å²) < 4.78 is 34.1. The summed E-state index contributed by atoms with van der Waals surface area (Å²) in [7, 11) is -3.55. The average molecular weight is 373 g/mol. The van der Waals surface area contributed by atoms with Gasteiger partial charge in [-0.25, -0.2) is 13.1 Å². The van der Waals surface area contributed by atoms with E-state index in [0.29, 0.717) is 12.3 Å². The maximum Gasteiger partial charge on any atom is 0.240 e. The Hall–Kier alpha value is -2.84. The molecule has 1 aromatic heterocycles. The molecule has 0 amide bonds. The van der Waals surface area contributed by atoms with E-state index >= 15 is 0 Å². The van der Waals surface area contributed by atoms with Crippen LogP contribution in [0.4, 0.5) is 0 Å². The van der Waals surface area contributed by atoms with Gasteiger partial charge in [0.1, 0.15) is 12.4 Å². The van der Waals surface area contributed by atoms with Crippen molar-refractivity contribution in [2.45, 2.75) is 11.4 Å². The van der Waals surface area contributed by atoms with Gasteiger partial charge in [0.15, 0.2) is 0 Å². The number of carboxylic acids is 1. The number of carbonyl (C=O) groups excluding carboxylic acids is 1. The molecule has 0 aliphatic rings. The highest BCUT2D eigenvalue weighted by atomic mass is 32.2. The Labute approximate surface area is 150 Å². The van der Waals surface area contributed by atoms with Crippen molar-refractivity contribution < 1.29 is 23.1 Å². The number of sulfonamides is 1. The molecule has 0 bridgehead atoms. The van der Waals surface area contributed by atoms with Crippen molar-refractivity contribution in [2.24, 2.45) is 0 Å². The number of hydrogen-bond acceptors (Lipinski definition) is 5. The molecule has 3 aromatic rings. The van der Waals surface area contributed by atoms with E-state index in [1.54, 1.807) is 42.6 Å². The van der Waals surface area contributed by atoms with E-state index < -0.39 is 22.6 Å². The fraction of sp³-hybridized carbons (Fsp3) is 0.167. The van der Waals surface area contributed by atoms with E-state index in [9.17, 15) is 18.3 Å². The second-order valence-electron chi connectivity index (χ2n) is 5.57. The highest BCUT2D eigenvalue weighted by Crippen LogP contribution is 2.26. The van der Waals surface area contributed by atoms with Gasteiger partial charge in [0.2, 0.25) is 10.0 Å². The van der Waals surface area contributed by atoms with E-state index in [-0.39, 0.29) is 11.4 Å². The predicted molar refractivity (Wildman–Crippen MR) is 94.1 cm³/mol. The average Bonchev–Trinajstić information content (AvgIpc) is 3.04. The highest BCUT2D eigenvalue weighted by Gasteiger charge is 2.13. The van der Waals surface area contributed by atoms with Gasteiger partial charge in [-0.3, -0.25) is 0 Å². The minimum absolute atomic E-state index is 0.213. The molecule has 8 heteroatoms. The molecule has 0 aliphatic carbocycles. The third-order valence-electron chi connectivity index (χ3n) is 3.82. The Morgan fingerprint density at radius 2 is 1.85 bits per heavy atom. The zero-order valence-electron chi connectivity index (χ0n) is 13.8. The smallest absolute Gasteiger partial charge is 0.240 e. The van der Waals surface area contributed by atoms with Crippen LogP contribution < -0.4 is 14.6 Å². The molecular formula is C18H17N2O5S-. The van der Waals surface area contributed by atoms with E-state index in [2.05, 4.69) is 4.72 Å². The van der Waals surface area contributed by atoms with Gasteiger partial charge in [0.25, 0.3) is 0 Å². The van der Waals surface area contributed by atoms with Gasteiger partial charge in [-0.05, 0) is 30.3 Å². The summed E-state index contributed by atoms with van der Waals surface area (Å²) in [5.74, 6) is -0.855. The van der Waals surface area contributed by atoms with E-state index in [1.807, 2.05) is 10.6 Å². The summed E-state index contributed by atoms with van der Waals surface area (Å²) in [5, 5.41) is 11.3. The van der Waals surface area contributed by atoms with E-state index in [1.165, 1.54) is 12.1 Å². The standard InChI is InChI=1S/C18H18N2O5S/c21-18(22)13-25-17-8-4-7-16-15(17)9-11-20(16)12-10-19-26(23,24)14-5-2-1-3-6-14/h1-9,11,19H,10,12-13H2,(H,21,22)/p-1. The van der Waals surface area contributed by atoms with Gasteiger partial charge >= 0.3 is 0 Å². The Kier molecular flexibility index (Phi) is 5.24. The summed E-state index contributed by atoms with van der Waals surface area (Å²) in [5.41, 5.74) is 0.819. The number of aliphatic carboxylic acids is 1. The molecule has 1 N–H and O–H groups in total. The number of hydrogen-bond donors (Lipinski definition) is 1. The second kappa shape index (κ2) is 7.59. The van der Waals surface area contributed by atoms with Crippen LogP contribution in [0.25, 0.3) is 10.9 Å². The molecule has 7 nitrogen and oxygen atoms in total. The van der Waals surface area contributed by atoms with E-state index in [4.69, 9.17) is 4.74 Å².